The molecule has 0 spiro atoms. The third-order valence-electron chi connectivity index (χ3n) is 4.59. The van der Waals surface area contributed by atoms with Crippen LogP contribution in [0, 0.1) is 6.57 Å². The number of aliphatic imine (C=N–C) groups is 1. The minimum atomic E-state index is -4.59. The number of benzene rings is 1. The molecule has 0 saturated heterocycles. The highest BCUT2D eigenvalue weighted by Crippen LogP contribution is 2.28. The molecule has 15 nitrogen and oxygen atoms in total. The van der Waals surface area contributed by atoms with Crippen molar-refractivity contribution in [1.29, 1.82) is 0 Å². The number of nitrogens with one attached hydrogen (secondary N) is 2. The smallest absolute Gasteiger partial charge is 0.314 e. The molecule has 0 saturated carbocycles. The number of nitrogen functional groups attached to an aromatic ring is 1. The molecule has 1 unspecified atom stereocenters. The lowest BCUT2D eigenvalue weighted by molar-refractivity contribution is -0.137. The van der Waals surface area contributed by atoms with Gasteiger partial charge in [-0.05, 0) is 29.8 Å². The number of carboxylic acid groups (broad SMARTS) is 1. The first-order chi connectivity index (χ1) is 17.5. The van der Waals surface area contributed by atoms with E-state index in [1.165, 1.54) is 48.8 Å². The molecule has 3 aromatic rings. The highest BCUT2D eigenvalue weighted by atomic mass is 32.2. The number of pyridine rings is 1. The molecular formula is C21H20N10O5S. The maximum absolute atomic E-state index is 13.1. The van der Waals surface area contributed by atoms with Crippen LogP contribution in [-0.4, -0.2) is 46.3 Å². The second kappa shape index (κ2) is 11.1. The molecule has 1 aromatic carbocycles. The van der Waals surface area contributed by atoms with Crippen molar-refractivity contribution in [2.45, 2.75) is 17.5 Å². The Balaban J connectivity index is 1.97. The van der Waals surface area contributed by atoms with Gasteiger partial charge in [0.15, 0.2) is 11.8 Å². The van der Waals surface area contributed by atoms with Crippen molar-refractivity contribution in [2.75, 3.05) is 11.1 Å². The maximum Gasteiger partial charge on any atom is 0.314 e. The molecule has 3 rings (SSSR count). The number of carbonyl (C=O) groups is 2. The molecule has 0 aliphatic rings. The molecule has 16 heteroatoms. The Morgan fingerprint density at radius 1 is 1.19 bits per heavy atom. The number of nitrogens with zero attached hydrogens (tertiary/aromatic N) is 5. The first-order valence-corrected chi connectivity index (χ1v) is 11.7. The predicted octanol–water partition coefficient (Wildman–Crippen LogP) is 0.656. The van der Waals surface area contributed by atoms with Gasteiger partial charge in [0.05, 0.1) is 18.2 Å². The van der Waals surface area contributed by atoms with E-state index in [0.717, 1.165) is 0 Å². The number of rotatable bonds is 9. The number of carboxylic acids is 1. The second-order valence-electron chi connectivity index (χ2n) is 7.30. The summed E-state index contributed by atoms with van der Waals surface area (Å²) in [5.41, 5.74) is 17.1. The van der Waals surface area contributed by atoms with Gasteiger partial charge in [-0.1, -0.05) is 23.7 Å². The average Bonchev–Trinajstić information content (AvgIpc) is 2.84. The normalized spacial score (nSPS) is 11.6. The average molecular weight is 525 g/mol. The van der Waals surface area contributed by atoms with Gasteiger partial charge in [-0.3, -0.25) is 14.6 Å². The largest absolute Gasteiger partial charge is 0.481 e. The number of aliphatic carboxylic acids is 1. The molecule has 1 amide bonds. The Morgan fingerprint density at radius 2 is 1.95 bits per heavy atom. The standard InChI is InChI=1S/C21H20N10O5S/c1-25-17-18(29-19(34)11-4-2-6-13(8-11)27-21(23)24)30-20(16(22)28-17)37(35,36)31-14(9-15(32)33)12-5-3-7-26-10-12/h2-8,10,14,31H,9H2,(H2,22,28)(H,32,33)(H4,23,24,27)(H,29,30,34). The number of carbonyl (C=O) groups excluding carboxylic acids is 1. The fourth-order valence-corrected chi connectivity index (χ4v) is 4.29. The van der Waals surface area contributed by atoms with Crippen LogP contribution in [0.25, 0.3) is 4.85 Å². The Bertz CT molecular complexity index is 1520. The summed E-state index contributed by atoms with van der Waals surface area (Å²) >= 11 is 0. The zero-order valence-electron chi connectivity index (χ0n) is 18.9. The van der Waals surface area contributed by atoms with Crippen molar-refractivity contribution in [2.24, 2.45) is 16.5 Å². The van der Waals surface area contributed by atoms with E-state index < -0.39 is 56.8 Å². The SMILES string of the molecule is [C-]#[N+]c1nc(N)c(S(=O)(=O)NC(CC(=O)O)c2cccnc2)nc1NC(=O)c1cccc(N=C(N)N)c1. The molecule has 0 bridgehead atoms. The van der Waals surface area contributed by atoms with Crippen molar-refractivity contribution < 1.29 is 23.1 Å². The Labute approximate surface area is 210 Å². The van der Waals surface area contributed by atoms with Crippen molar-refractivity contribution in [3.8, 4) is 0 Å². The minimum Gasteiger partial charge on any atom is -0.481 e. The van der Waals surface area contributed by atoms with E-state index in [1.54, 1.807) is 0 Å². The minimum absolute atomic E-state index is 0.0673. The number of hydrogen-bond acceptors (Lipinski definition) is 9. The lowest BCUT2D eigenvalue weighted by Crippen LogP contribution is -2.32. The summed E-state index contributed by atoms with van der Waals surface area (Å²) in [6.07, 6.45) is 2.12. The summed E-state index contributed by atoms with van der Waals surface area (Å²) in [7, 11) is -4.59. The number of aromatic nitrogens is 3. The van der Waals surface area contributed by atoms with Crippen LogP contribution in [0.3, 0.4) is 0 Å². The topological polar surface area (TPSA) is 246 Å². The Kier molecular flexibility index (Phi) is 7.92. The first-order valence-electron chi connectivity index (χ1n) is 10.2. The number of nitrogens with two attached hydrogens (primary N) is 3. The molecule has 1 atom stereocenters. The van der Waals surface area contributed by atoms with Crippen LogP contribution >= 0.6 is 0 Å². The summed E-state index contributed by atoms with van der Waals surface area (Å²) in [5.74, 6) is -3.88. The second-order valence-corrected chi connectivity index (χ2v) is 8.93. The molecule has 9 N–H and O–H groups in total. The molecule has 37 heavy (non-hydrogen) atoms. The molecule has 2 heterocycles. The van der Waals surface area contributed by atoms with Gasteiger partial charge in [-0.25, -0.2) is 23.1 Å². The molecule has 2 aromatic heterocycles. The van der Waals surface area contributed by atoms with Gasteiger partial charge >= 0.3 is 11.8 Å². The lowest BCUT2D eigenvalue weighted by Gasteiger charge is -2.17. The number of amides is 1. The monoisotopic (exact) mass is 524 g/mol. The van der Waals surface area contributed by atoms with Gasteiger partial charge in [0, 0.05) is 18.0 Å². The van der Waals surface area contributed by atoms with Crippen LogP contribution < -0.4 is 27.2 Å². The summed E-state index contributed by atoms with van der Waals surface area (Å²) in [6.45, 7) is 7.30. The van der Waals surface area contributed by atoms with E-state index in [4.69, 9.17) is 23.8 Å². The molecule has 0 aliphatic carbocycles. The first kappa shape index (κ1) is 26.5. The van der Waals surface area contributed by atoms with Crippen LogP contribution in [0.15, 0.2) is 58.8 Å². The number of anilines is 2. The van der Waals surface area contributed by atoms with Crippen molar-refractivity contribution in [1.82, 2.24) is 19.7 Å². The van der Waals surface area contributed by atoms with Crippen molar-refractivity contribution in [3.63, 3.8) is 0 Å². The molecular weight excluding hydrogens is 504 g/mol. The van der Waals surface area contributed by atoms with Crippen molar-refractivity contribution >= 4 is 51.0 Å². The summed E-state index contributed by atoms with van der Waals surface area (Å²) < 4.78 is 28.5. The predicted molar refractivity (Wildman–Crippen MR) is 132 cm³/mol. The van der Waals surface area contributed by atoms with Gasteiger partial charge in [0.1, 0.15) is 0 Å². The number of hydrogen-bond donors (Lipinski definition) is 6. The van der Waals surface area contributed by atoms with Crippen LogP contribution in [-0.2, 0) is 14.8 Å². The van der Waals surface area contributed by atoms with E-state index in [-0.39, 0.29) is 22.8 Å². The summed E-state index contributed by atoms with van der Waals surface area (Å²) in [6, 6.07) is 7.58. The summed E-state index contributed by atoms with van der Waals surface area (Å²) in [5, 5.41) is 10.8. The van der Waals surface area contributed by atoms with Gasteiger partial charge in [-0.2, -0.15) is 0 Å². The van der Waals surface area contributed by atoms with Gasteiger partial charge < -0.3 is 32.5 Å². The number of sulfonamides is 1. The zero-order valence-corrected chi connectivity index (χ0v) is 19.7. The van der Waals surface area contributed by atoms with Crippen LogP contribution in [0.1, 0.15) is 28.4 Å². The van der Waals surface area contributed by atoms with Crippen molar-refractivity contribution in [3.05, 3.63) is 71.3 Å². The third kappa shape index (κ3) is 6.72. The van der Waals surface area contributed by atoms with Gasteiger partial charge in [-0.15, -0.1) is 0 Å². The van der Waals surface area contributed by atoms with Crippen LogP contribution in [0.4, 0.5) is 23.1 Å². The highest BCUT2D eigenvalue weighted by Gasteiger charge is 2.30. The summed E-state index contributed by atoms with van der Waals surface area (Å²) in [4.78, 5) is 42.6. The van der Waals surface area contributed by atoms with Crippen LogP contribution in [0.5, 0.6) is 0 Å². The number of guanidine groups is 1. The molecule has 190 valence electrons. The van der Waals surface area contributed by atoms with E-state index in [2.05, 4.69) is 34.8 Å². The van der Waals surface area contributed by atoms with E-state index >= 15 is 0 Å². The lowest BCUT2D eigenvalue weighted by atomic mass is 10.1. The fourth-order valence-electron chi connectivity index (χ4n) is 3.06. The third-order valence-corrected chi connectivity index (χ3v) is 6.00. The highest BCUT2D eigenvalue weighted by molar-refractivity contribution is 7.89. The van der Waals surface area contributed by atoms with E-state index in [0.29, 0.717) is 0 Å². The Hall–Kier alpha value is -5.14. The van der Waals surface area contributed by atoms with Gasteiger partial charge in [0.2, 0.25) is 5.03 Å². The quantitative estimate of drug-likeness (QED) is 0.129. The van der Waals surface area contributed by atoms with Gasteiger partial charge in [0.25, 0.3) is 21.7 Å². The molecule has 0 fully saturated rings. The fraction of sp³-hybridized carbons (Fsp3) is 0.0952. The van der Waals surface area contributed by atoms with E-state index in [1.807, 2.05) is 0 Å². The zero-order chi connectivity index (χ0) is 27.2. The van der Waals surface area contributed by atoms with Crippen LogP contribution in [0.2, 0.25) is 0 Å². The molecule has 0 aliphatic heterocycles. The van der Waals surface area contributed by atoms with E-state index in [9.17, 15) is 23.1 Å². The molecule has 0 radical (unpaired) electrons. The Morgan fingerprint density at radius 3 is 2.57 bits per heavy atom. The maximum atomic E-state index is 13.1.